The molecule has 0 aliphatic carbocycles. The molecule has 0 aliphatic heterocycles. The molecule has 2 aromatic carbocycles. The lowest BCUT2D eigenvalue weighted by Gasteiger charge is -2.11. The summed E-state index contributed by atoms with van der Waals surface area (Å²) < 4.78 is 52.5. The lowest BCUT2D eigenvalue weighted by molar-refractivity contribution is 0.473. The Morgan fingerprint density at radius 3 is 2.45 bits per heavy atom. The van der Waals surface area contributed by atoms with E-state index in [1.165, 1.54) is 18.2 Å². The Morgan fingerprint density at radius 2 is 1.85 bits per heavy atom. The second-order valence-corrected chi connectivity index (χ2v) is 6.38. The second kappa shape index (κ2) is 5.37. The molecule has 0 unspecified atom stereocenters. The molecule has 0 amide bonds. The number of nitrogens with one attached hydrogen (secondary N) is 1. The summed E-state index contributed by atoms with van der Waals surface area (Å²) in [6.07, 6.45) is 0. The average Bonchev–Trinajstić information content (AvgIpc) is 2.34. The molecule has 8 heteroatoms. The summed E-state index contributed by atoms with van der Waals surface area (Å²) in [4.78, 5) is -0.242. The van der Waals surface area contributed by atoms with Gasteiger partial charge in [0.05, 0.1) is 10.6 Å². The summed E-state index contributed by atoms with van der Waals surface area (Å²) in [5, 5.41) is 9.26. The minimum atomic E-state index is -4.10. The third-order valence-electron chi connectivity index (χ3n) is 2.37. The summed E-state index contributed by atoms with van der Waals surface area (Å²) in [6, 6.07) is 6.37. The molecule has 0 fully saturated rings. The van der Waals surface area contributed by atoms with Crippen LogP contribution in [-0.4, -0.2) is 13.5 Å². The first-order chi connectivity index (χ1) is 9.29. The van der Waals surface area contributed by atoms with E-state index in [0.717, 1.165) is 12.1 Å². The Labute approximate surface area is 122 Å². The molecular formula is C12H8BrF2NO3S. The molecule has 20 heavy (non-hydrogen) atoms. The van der Waals surface area contributed by atoms with Crippen LogP contribution in [0.5, 0.6) is 5.75 Å². The van der Waals surface area contributed by atoms with Gasteiger partial charge in [-0.2, -0.15) is 0 Å². The zero-order valence-electron chi connectivity index (χ0n) is 9.77. The Kier molecular flexibility index (Phi) is 3.96. The van der Waals surface area contributed by atoms with Gasteiger partial charge in [0.25, 0.3) is 10.0 Å². The Hall–Kier alpha value is -1.67. The fourth-order valence-corrected chi connectivity index (χ4v) is 3.25. The summed E-state index contributed by atoms with van der Waals surface area (Å²) in [6.45, 7) is 0. The molecule has 0 aromatic heterocycles. The molecule has 0 saturated carbocycles. The summed E-state index contributed by atoms with van der Waals surface area (Å²) in [5.41, 5.74) is -0.408. The van der Waals surface area contributed by atoms with Crippen molar-refractivity contribution in [2.75, 3.05) is 4.72 Å². The van der Waals surface area contributed by atoms with Crippen molar-refractivity contribution in [1.29, 1.82) is 0 Å². The van der Waals surface area contributed by atoms with E-state index in [2.05, 4.69) is 15.9 Å². The molecule has 0 heterocycles. The SMILES string of the molecule is O=S(=O)(Nc1c(F)cc(F)cc1Br)c1cccc(O)c1. The highest BCUT2D eigenvalue weighted by Gasteiger charge is 2.19. The molecule has 0 spiro atoms. The summed E-state index contributed by atoms with van der Waals surface area (Å²) >= 11 is 2.88. The van der Waals surface area contributed by atoms with Crippen LogP contribution in [0.15, 0.2) is 45.8 Å². The van der Waals surface area contributed by atoms with E-state index in [9.17, 15) is 22.3 Å². The van der Waals surface area contributed by atoms with Gasteiger partial charge in [-0.15, -0.1) is 0 Å². The third-order valence-corrected chi connectivity index (χ3v) is 4.34. The van der Waals surface area contributed by atoms with Gasteiger partial charge >= 0.3 is 0 Å². The van der Waals surface area contributed by atoms with Gasteiger partial charge in [-0.3, -0.25) is 4.72 Å². The molecule has 0 radical (unpaired) electrons. The number of halogens is 3. The van der Waals surface area contributed by atoms with Crippen LogP contribution in [0.2, 0.25) is 0 Å². The fraction of sp³-hybridized carbons (Fsp3) is 0. The average molecular weight is 364 g/mol. The van der Waals surface area contributed by atoms with Crippen LogP contribution in [0.4, 0.5) is 14.5 Å². The molecule has 106 valence electrons. The van der Waals surface area contributed by atoms with E-state index < -0.39 is 27.3 Å². The van der Waals surface area contributed by atoms with E-state index in [1.54, 1.807) is 0 Å². The van der Waals surface area contributed by atoms with E-state index in [1.807, 2.05) is 4.72 Å². The van der Waals surface area contributed by atoms with Crippen molar-refractivity contribution in [3.63, 3.8) is 0 Å². The number of anilines is 1. The maximum Gasteiger partial charge on any atom is 0.262 e. The number of sulfonamides is 1. The van der Waals surface area contributed by atoms with Gasteiger partial charge in [-0.1, -0.05) is 6.07 Å². The van der Waals surface area contributed by atoms with Crippen molar-refractivity contribution in [2.24, 2.45) is 0 Å². The molecule has 4 nitrogen and oxygen atoms in total. The molecule has 0 aliphatic rings. The zero-order chi connectivity index (χ0) is 14.9. The molecule has 2 N–H and O–H groups in total. The normalized spacial score (nSPS) is 11.3. The number of hydrogen-bond donors (Lipinski definition) is 2. The smallest absolute Gasteiger partial charge is 0.262 e. The first-order valence-corrected chi connectivity index (χ1v) is 7.53. The molecule has 2 rings (SSSR count). The van der Waals surface area contributed by atoms with E-state index >= 15 is 0 Å². The van der Waals surface area contributed by atoms with Crippen LogP contribution >= 0.6 is 15.9 Å². The Morgan fingerprint density at radius 1 is 1.15 bits per heavy atom. The highest BCUT2D eigenvalue weighted by molar-refractivity contribution is 9.10. The van der Waals surface area contributed by atoms with Gasteiger partial charge in [0.2, 0.25) is 0 Å². The predicted molar refractivity (Wildman–Crippen MR) is 73.0 cm³/mol. The number of phenols is 1. The molecule has 0 saturated heterocycles. The van der Waals surface area contributed by atoms with Crippen LogP contribution in [0, 0.1) is 11.6 Å². The van der Waals surface area contributed by atoms with Crippen LogP contribution in [0.25, 0.3) is 0 Å². The van der Waals surface area contributed by atoms with Crippen molar-refractivity contribution in [3.8, 4) is 5.75 Å². The van der Waals surface area contributed by atoms with Crippen molar-refractivity contribution < 1.29 is 22.3 Å². The quantitative estimate of drug-likeness (QED) is 0.879. The number of hydrogen-bond acceptors (Lipinski definition) is 3. The van der Waals surface area contributed by atoms with Crippen LogP contribution in [0.1, 0.15) is 0 Å². The third kappa shape index (κ3) is 3.07. The summed E-state index contributed by atoms with van der Waals surface area (Å²) in [5.74, 6) is -2.14. The van der Waals surface area contributed by atoms with Gasteiger partial charge in [0.15, 0.2) is 5.82 Å². The van der Waals surface area contributed by atoms with Crippen LogP contribution in [0.3, 0.4) is 0 Å². The van der Waals surface area contributed by atoms with Gasteiger partial charge in [-0.25, -0.2) is 17.2 Å². The number of aromatic hydroxyl groups is 1. The summed E-state index contributed by atoms with van der Waals surface area (Å²) in [7, 11) is -4.10. The van der Waals surface area contributed by atoms with Gasteiger partial charge < -0.3 is 5.11 Å². The first-order valence-electron chi connectivity index (χ1n) is 5.26. The van der Waals surface area contributed by atoms with Crippen molar-refractivity contribution in [2.45, 2.75) is 4.90 Å². The number of benzene rings is 2. The van der Waals surface area contributed by atoms with Gasteiger partial charge in [0.1, 0.15) is 11.6 Å². The maximum absolute atomic E-state index is 13.6. The number of phenolic OH excluding ortho intramolecular Hbond substituents is 1. The monoisotopic (exact) mass is 363 g/mol. The van der Waals surface area contributed by atoms with Crippen molar-refractivity contribution in [3.05, 3.63) is 52.5 Å². The molecular weight excluding hydrogens is 356 g/mol. The van der Waals surface area contributed by atoms with Gasteiger partial charge in [-0.05, 0) is 34.1 Å². The number of rotatable bonds is 3. The Bertz CT molecular complexity index is 742. The van der Waals surface area contributed by atoms with E-state index in [0.29, 0.717) is 6.07 Å². The zero-order valence-corrected chi connectivity index (χ0v) is 12.2. The van der Waals surface area contributed by atoms with E-state index in [4.69, 9.17) is 0 Å². The predicted octanol–water partition coefficient (Wildman–Crippen LogP) is 3.23. The minimum Gasteiger partial charge on any atom is -0.508 e. The second-order valence-electron chi connectivity index (χ2n) is 3.85. The minimum absolute atomic E-state index is 0.0706. The fourth-order valence-electron chi connectivity index (χ4n) is 1.48. The highest BCUT2D eigenvalue weighted by atomic mass is 79.9. The standard InChI is InChI=1S/C12H8BrF2NO3S/c13-10-4-7(14)5-11(15)12(10)16-20(18,19)9-3-1-2-8(17)6-9/h1-6,16-17H. The topological polar surface area (TPSA) is 66.4 Å². The largest absolute Gasteiger partial charge is 0.508 e. The lowest BCUT2D eigenvalue weighted by Crippen LogP contribution is -2.14. The van der Waals surface area contributed by atoms with Crippen LogP contribution < -0.4 is 4.72 Å². The maximum atomic E-state index is 13.6. The first kappa shape index (κ1) is 14.7. The van der Waals surface area contributed by atoms with Crippen LogP contribution in [-0.2, 0) is 10.0 Å². The lowest BCUT2D eigenvalue weighted by atomic mass is 10.3. The molecule has 0 bridgehead atoms. The molecule has 2 aromatic rings. The highest BCUT2D eigenvalue weighted by Crippen LogP contribution is 2.29. The van der Waals surface area contributed by atoms with E-state index in [-0.39, 0.29) is 15.1 Å². The Balaban J connectivity index is 2.44. The van der Waals surface area contributed by atoms with Gasteiger partial charge in [0, 0.05) is 16.6 Å². The van der Waals surface area contributed by atoms with Crippen molar-refractivity contribution in [1.82, 2.24) is 0 Å². The molecule has 0 atom stereocenters. The van der Waals surface area contributed by atoms with Crippen molar-refractivity contribution >= 4 is 31.6 Å².